The molecule has 0 saturated heterocycles. The van der Waals surface area contributed by atoms with E-state index in [2.05, 4.69) is 15.9 Å². The molecule has 0 aliphatic heterocycles. The fraction of sp³-hybridized carbons (Fsp3) is 0.0833. The Hall–Kier alpha value is -1.47. The molecule has 1 amide bonds. The van der Waals surface area contributed by atoms with E-state index < -0.39 is 17.6 Å². The zero-order valence-electron chi connectivity index (χ0n) is 9.59. The van der Waals surface area contributed by atoms with Crippen molar-refractivity contribution in [3.8, 4) is 11.3 Å². The first-order valence-corrected chi connectivity index (χ1v) is 6.33. The van der Waals surface area contributed by atoms with E-state index in [0.717, 1.165) is 12.1 Å². The molecule has 106 valence electrons. The number of hydrogen-bond donors (Lipinski definition) is 1. The first-order chi connectivity index (χ1) is 9.20. The summed E-state index contributed by atoms with van der Waals surface area (Å²) in [7, 11) is 0. The number of hydrogen-bond acceptors (Lipinski definition) is 2. The first kappa shape index (κ1) is 14.9. The van der Waals surface area contributed by atoms with Gasteiger partial charge in [0.15, 0.2) is 5.76 Å². The lowest BCUT2D eigenvalue weighted by Gasteiger charge is -2.11. The zero-order chi connectivity index (χ0) is 15.1. The largest absolute Gasteiger partial charge is 0.451 e. The topological polar surface area (TPSA) is 56.2 Å². The molecule has 2 rings (SSSR count). The molecule has 20 heavy (non-hydrogen) atoms. The van der Waals surface area contributed by atoms with Crippen LogP contribution >= 0.6 is 27.5 Å². The minimum Gasteiger partial charge on any atom is -0.451 e. The van der Waals surface area contributed by atoms with Crippen molar-refractivity contribution in [2.45, 2.75) is 6.18 Å². The van der Waals surface area contributed by atoms with E-state index in [1.165, 1.54) is 12.1 Å². The molecular weight excluding hydrogens is 362 g/mol. The van der Waals surface area contributed by atoms with Crippen LogP contribution < -0.4 is 5.73 Å². The quantitative estimate of drug-likeness (QED) is 0.850. The van der Waals surface area contributed by atoms with Crippen molar-refractivity contribution < 1.29 is 22.4 Å². The summed E-state index contributed by atoms with van der Waals surface area (Å²) in [6, 6.07) is 4.56. The van der Waals surface area contributed by atoms with Crippen LogP contribution in [0.25, 0.3) is 11.3 Å². The number of nitrogens with two attached hydrogens (primary N) is 1. The van der Waals surface area contributed by atoms with Gasteiger partial charge in [0.05, 0.1) is 10.6 Å². The lowest BCUT2D eigenvalue weighted by atomic mass is 10.1. The van der Waals surface area contributed by atoms with Gasteiger partial charge in [0, 0.05) is 10.0 Å². The van der Waals surface area contributed by atoms with Crippen LogP contribution in [0.5, 0.6) is 0 Å². The van der Waals surface area contributed by atoms with Gasteiger partial charge in [0.2, 0.25) is 0 Å². The molecule has 8 heteroatoms. The summed E-state index contributed by atoms with van der Waals surface area (Å²) in [5, 5.41) is 0.0512. The van der Waals surface area contributed by atoms with Crippen LogP contribution in [0.15, 0.2) is 33.2 Å². The Kier molecular flexibility index (Phi) is 3.84. The number of halogens is 5. The number of carbonyl (C=O) groups excluding carboxylic acids is 1. The third kappa shape index (κ3) is 2.83. The average molecular weight is 369 g/mol. The third-order valence-electron chi connectivity index (χ3n) is 2.48. The van der Waals surface area contributed by atoms with Crippen LogP contribution in [0.2, 0.25) is 5.02 Å². The van der Waals surface area contributed by atoms with Crippen molar-refractivity contribution in [2.24, 2.45) is 5.73 Å². The van der Waals surface area contributed by atoms with Gasteiger partial charge in [-0.15, -0.1) is 0 Å². The molecule has 1 aromatic carbocycles. The highest BCUT2D eigenvalue weighted by molar-refractivity contribution is 9.10. The standard InChI is InChI=1S/C12H6BrClF3NO2/c13-7-4-8(14)5(3-6(7)12(15,16)17)9-1-2-10(20-9)11(18)19/h1-4H,(H2,18,19). The SMILES string of the molecule is NC(=O)c1ccc(-c2cc(C(F)(F)F)c(Br)cc2Cl)o1. The van der Waals surface area contributed by atoms with Crippen molar-refractivity contribution in [1.82, 2.24) is 0 Å². The second-order valence-electron chi connectivity index (χ2n) is 3.84. The average Bonchev–Trinajstić information content (AvgIpc) is 2.76. The first-order valence-electron chi connectivity index (χ1n) is 5.16. The van der Waals surface area contributed by atoms with Gasteiger partial charge in [-0.2, -0.15) is 13.2 Å². The van der Waals surface area contributed by atoms with E-state index in [1.54, 1.807) is 0 Å². The van der Waals surface area contributed by atoms with Gasteiger partial charge in [0.1, 0.15) is 5.76 Å². The predicted octanol–water partition coefficient (Wildman–Crippen LogP) is 4.48. The minimum atomic E-state index is -4.54. The summed E-state index contributed by atoms with van der Waals surface area (Å²) in [5.74, 6) is -0.949. The molecule has 0 aliphatic carbocycles. The molecule has 0 aliphatic rings. The summed E-state index contributed by atoms with van der Waals surface area (Å²) < 4.78 is 43.4. The number of rotatable bonds is 2. The van der Waals surface area contributed by atoms with Gasteiger partial charge in [-0.05, 0) is 24.3 Å². The Labute approximate surface area is 124 Å². The zero-order valence-corrected chi connectivity index (χ0v) is 11.9. The van der Waals surface area contributed by atoms with E-state index in [4.69, 9.17) is 21.8 Å². The summed E-state index contributed by atoms with van der Waals surface area (Å²) >= 11 is 8.71. The van der Waals surface area contributed by atoms with E-state index >= 15 is 0 Å². The molecular formula is C12H6BrClF3NO2. The third-order valence-corrected chi connectivity index (χ3v) is 3.45. The molecule has 1 aromatic heterocycles. The summed E-state index contributed by atoms with van der Waals surface area (Å²) in [4.78, 5) is 10.9. The van der Waals surface area contributed by atoms with E-state index in [1.807, 2.05) is 0 Å². The maximum absolute atomic E-state index is 12.8. The molecule has 2 aromatic rings. The van der Waals surface area contributed by atoms with Crippen LogP contribution in [0.3, 0.4) is 0 Å². The number of alkyl halides is 3. The second-order valence-corrected chi connectivity index (χ2v) is 5.10. The predicted molar refractivity (Wildman–Crippen MR) is 70.4 cm³/mol. The number of furan rings is 1. The molecule has 0 atom stereocenters. The lowest BCUT2D eigenvalue weighted by Crippen LogP contribution is -2.09. The Morgan fingerprint density at radius 1 is 1.30 bits per heavy atom. The minimum absolute atomic E-state index is 0.0229. The summed E-state index contributed by atoms with van der Waals surface area (Å²) in [6.07, 6.45) is -4.54. The Bertz CT molecular complexity index is 682. The molecule has 0 spiro atoms. The van der Waals surface area contributed by atoms with Crippen LogP contribution in [0.4, 0.5) is 13.2 Å². The van der Waals surface area contributed by atoms with Gasteiger partial charge in [-0.25, -0.2) is 0 Å². The smallest absolute Gasteiger partial charge is 0.417 e. The van der Waals surface area contributed by atoms with E-state index in [9.17, 15) is 18.0 Å². The van der Waals surface area contributed by atoms with Crippen LogP contribution in [0.1, 0.15) is 16.1 Å². The van der Waals surface area contributed by atoms with Gasteiger partial charge in [-0.1, -0.05) is 27.5 Å². The molecule has 0 unspecified atom stereocenters. The monoisotopic (exact) mass is 367 g/mol. The molecule has 0 saturated carbocycles. The van der Waals surface area contributed by atoms with Crippen LogP contribution in [-0.2, 0) is 6.18 Å². The normalized spacial score (nSPS) is 11.7. The fourth-order valence-corrected chi connectivity index (χ4v) is 2.53. The van der Waals surface area contributed by atoms with Gasteiger partial charge in [-0.3, -0.25) is 4.79 Å². The lowest BCUT2D eigenvalue weighted by molar-refractivity contribution is -0.138. The maximum Gasteiger partial charge on any atom is 0.417 e. The molecule has 0 bridgehead atoms. The molecule has 2 N–H and O–H groups in total. The molecule has 0 fully saturated rings. The molecule has 3 nitrogen and oxygen atoms in total. The maximum atomic E-state index is 12.8. The number of benzene rings is 1. The van der Waals surface area contributed by atoms with Crippen molar-refractivity contribution in [2.75, 3.05) is 0 Å². The van der Waals surface area contributed by atoms with Gasteiger partial charge >= 0.3 is 6.18 Å². The summed E-state index contributed by atoms with van der Waals surface area (Å²) in [5.41, 5.74) is 4.14. The second kappa shape index (κ2) is 5.14. The Morgan fingerprint density at radius 2 is 1.95 bits per heavy atom. The van der Waals surface area contributed by atoms with Crippen molar-refractivity contribution in [3.05, 3.63) is 45.1 Å². The number of carbonyl (C=O) groups is 1. The van der Waals surface area contributed by atoms with Crippen molar-refractivity contribution in [1.29, 1.82) is 0 Å². The highest BCUT2D eigenvalue weighted by Crippen LogP contribution is 2.41. The number of amides is 1. The van der Waals surface area contributed by atoms with Crippen LogP contribution in [0, 0.1) is 0 Å². The van der Waals surface area contributed by atoms with Crippen molar-refractivity contribution in [3.63, 3.8) is 0 Å². The van der Waals surface area contributed by atoms with Gasteiger partial charge in [0.25, 0.3) is 5.91 Å². The Morgan fingerprint density at radius 3 is 2.45 bits per heavy atom. The van der Waals surface area contributed by atoms with Crippen LogP contribution in [-0.4, -0.2) is 5.91 Å². The van der Waals surface area contributed by atoms with Crippen molar-refractivity contribution >= 4 is 33.4 Å². The number of primary amides is 1. The Balaban J connectivity index is 2.58. The molecule has 1 heterocycles. The summed E-state index contributed by atoms with van der Waals surface area (Å²) in [6.45, 7) is 0. The van der Waals surface area contributed by atoms with Gasteiger partial charge < -0.3 is 10.2 Å². The van der Waals surface area contributed by atoms with E-state index in [0.29, 0.717) is 0 Å². The van der Waals surface area contributed by atoms with E-state index in [-0.39, 0.29) is 26.6 Å². The molecule has 0 radical (unpaired) electrons. The fourth-order valence-electron chi connectivity index (χ4n) is 1.57. The highest BCUT2D eigenvalue weighted by Gasteiger charge is 2.34. The highest BCUT2D eigenvalue weighted by atomic mass is 79.9.